The molecule has 0 radical (unpaired) electrons. The van der Waals surface area contributed by atoms with Gasteiger partial charge < -0.3 is 5.73 Å². The molecule has 0 saturated heterocycles. The Hall–Kier alpha value is -1.66. The van der Waals surface area contributed by atoms with Crippen molar-refractivity contribution >= 4 is 31.8 Å². The lowest BCUT2D eigenvalue weighted by Gasteiger charge is -2.13. The third kappa shape index (κ3) is 5.68. The molecule has 0 bridgehead atoms. The quantitative estimate of drug-likeness (QED) is 0.373. The maximum absolute atomic E-state index is 12.3. The van der Waals surface area contributed by atoms with Gasteiger partial charge >= 0.3 is 0 Å². The van der Waals surface area contributed by atoms with Gasteiger partial charge in [0.1, 0.15) is 5.25 Å². The number of nitrogens with two attached hydrogens (primary N) is 1. The molecule has 2 unspecified atom stereocenters. The summed E-state index contributed by atoms with van der Waals surface area (Å²) in [4.78, 5) is 24.5. The van der Waals surface area contributed by atoms with E-state index in [-0.39, 0.29) is 30.5 Å². The van der Waals surface area contributed by atoms with Crippen molar-refractivity contribution in [1.29, 1.82) is 0 Å². The molecule has 26 heavy (non-hydrogen) atoms. The molecule has 9 nitrogen and oxygen atoms in total. The monoisotopic (exact) mass is 407 g/mol. The van der Waals surface area contributed by atoms with Gasteiger partial charge in [0.2, 0.25) is 0 Å². The Morgan fingerprint density at radius 2 is 1.23 bits per heavy atom. The summed E-state index contributed by atoms with van der Waals surface area (Å²) >= 11 is 0. The molecule has 0 heterocycles. The van der Waals surface area contributed by atoms with Crippen molar-refractivity contribution in [1.82, 2.24) is 0 Å². The molecule has 11 heteroatoms. The number of ketones is 2. The standard InChI is InChI=1S/C15H21NO8S2/c1-2-3-12(25(19,20)21)14(17)10-4-6-11(7-5-10)15(18)13(8-9-16)26(22,23)24/h4-7,12-13H,2-3,8-9,16H2,1H3,(H,19,20,21)(H,22,23,24). The van der Waals surface area contributed by atoms with Crippen molar-refractivity contribution in [2.24, 2.45) is 5.73 Å². The lowest BCUT2D eigenvalue weighted by atomic mass is 10.0. The minimum Gasteiger partial charge on any atom is -0.330 e. The molecule has 0 aromatic heterocycles. The van der Waals surface area contributed by atoms with Crippen LogP contribution < -0.4 is 5.73 Å². The van der Waals surface area contributed by atoms with Crippen LogP contribution in [0.25, 0.3) is 0 Å². The largest absolute Gasteiger partial charge is 0.330 e. The molecule has 0 spiro atoms. The number of rotatable bonds is 10. The first-order valence-corrected chi connectivity index (χ1v) is 10.7. The molecule has 1 aromatic carbocycles. The van der Waals surface area contributed by atoms with Gasteiger partial charge in [-0.3, -0.25) is 18.7 Å². The van der Waals surface area contributed by atoms with Crippen LogP contribution in [0.15, 0.2) is 24.3 Å². The minimum absolute atomic E-state index is 0.0557. The summed E-state index contributed by atoms with van der Waals surface area (Å²) in [6.07, 6.45) is 0.00124. The molecule has 1 aromatic rings. The summed E-state index contributed by atoms with van der Waals surface area (Å²) < 4.78 is 63.7. The van der Waals surface area contributed by atoms with Crippen LogP contribution in [0.4, 0.5) is 0 Å². The van der Waals surface area contributed by atoms with Crippen molar-refractivity contribution in [3.63, 3.8) is 0 Å². The van der Waals surface area contributed by atoms with E-state index in [0.717, 1.165) is 24.3 Å². The molecular formula is C15H21NO8S2. The summed E-state index contributed by atoms with van der Waals surface area (Å²) in [6.45, 7) is 1.51. The van der Waals surface area contributed by atoms with Gasteiger partial charge in [-0.2, -0.15) is 16.8 Å². The molecule has 0 saturated carbocycles. The second-order valence-electron chi connectivity index (χ2n) is 5.68. The maximum atomic E-state index is 12.3. The van der Waals surface area contributed by atoms with Crippen molar-refractivity contribution in [3.05, 3.63) is 35.4 Å². The van der Waals surface area contributed by atoms with E-state index in [4.69, 9.17) is 10.3 Å². The molecule has 0 aliphatic carbocycles. The highest BCUT2D eigenvalue weighted by atomic mass is 32.2. The Morgan fingerprint density at radius 1 is 0.885 bits per heavy atom. The zero-order valence-electron chi connectivity index (χ0n) is 14.0. The van der Waals surface area contributed by atoms with Gasteiger partial charge in [0, 0.05) is 11.1 Å². The van der Waals surface area contributed by atoms with E-state index < -0.39 is 42.3 Å². The molecule has 146 valence electrons. The highest BCUT2D eigenvalue weighted by Gasteiger charge is 2.33. The topological polar surface area (TPSA) is 169 Å². The molecule has 0 fully saturated rings. The molecule has 0 aliphatic heterocycles. The number of hydrogen-bond donors (Lipinski definition) is 3. The van der Waals surface area contributed by atoms with E-state index in [2.05, 4.69) is 0 Å². The summed E-state index contributed by atoms with van der Waals surface area (Å²) in [7, 11) is -9.23. The van der Waals surface area contributed by atoms with Crippen molar-refractivity contribution in [2.75, 3.05) is 6.54 Å². The fourth-order valence-electron chi connectivity index (χ4n) is 2.41. The van der Waals surface area contributed by atoms with Crippen LogP contribution in [0, 0.1) is 0 Å². The number of carbonyl (C=O) groups excluding carboxylic acids is 2. The summed E-state index contributed by atoms with van der Waals surface area (Å²) in [6, 6.07) is 4.62. The van der Waals surface area contributed by atoms with Crippen LogP contribution in [0.3, 0.4) is 0 Å². The Kier molecular flexibility index (Phi) is 7.59. The van der Waals surface area contributed by atoms with Gasteiger partial charge in [-0.1, -0.05) is 37.6 Å². The van der Waals surface area contributed by atoms with Crippen molar-refractivity contribution in [3.8, 4) is 0 Å². The Bertz CT molecular complexity index is 786. The van der Waals surface area contributed by atoms with E-state index in [1.807, 2.05) is 0 Å². The average molecular weight is 407 g/mol. The van der Waals surface area contributed by atoms with Crippen LogP contribution >= 0.6 is 0 Å². The number of hydrogen-bond acceptors (Lipinski definition) is 7. The van der Waals surface area contributed by atoms with Gasteiger partial charge in [0.15, 0.2) is 16.8 Å². The normalized spacial score (nSPS) is 14.6. The van der Waals surface area contributed by atoms with Gasteiger partial charge in [0.05, 0.1) is 0 Å². The van der Waals surface area contributed by atoms with E-state index in [0.29, 0.717) is 6.42 Å². The van der Waals surface area contributed by atoms with Crippen molar-refractivity contribution in [2.45, 2.75) is 36.7 Å². The zero-order chi connectivity index (χ0) is 20.1. The molecular weight excluding hydrogens is 386 g/mol. The van der Waals surface area contributed by atoms with Crippen LogP contribution in [-0.2, 0) is 20.2 Å². The van der Waals surface area contributed by atoms with Crippen LogP contribution in [-0.4, -0.2) is 54.6 Å². The molecule has 4 N–H and O–H groups in total. The molecule has 0 aliphatic rings. The van der Waals surface area contributed by atoms with Crippen LogP contribution in [0.5, 0.6) is 0 Å². The van der Waals surface area contributed by atoms with E-state index >= 15 is 0 Å². The highest BCUT2D eigenvalue weighted by molar-refractivity contribution is 7.87. The van der Waals surface area contributed by atoms with E-state index in [1.54, 1.807) is 6.92 Å². The molecule has 0 amide bonds. The lowest BCUT2D eigenvalue weighted by molar-refractivity contribution is 0.0969. The van der Waals surface area contributed by atoms with Gasteiger partial charge in [-0.15, -0.1) is 0 Å². The summed E-state index contributed by atoms with van der Waals surface area (Å²) in [5, 5.41) is -3.34. The van der Waals surface area contributed by atoms with E-state index in [1.165, 1.54) is 0 Å². The maximum Gasteiger partial charge on any atom is 0.275 e. The fourth-order valence-corrected chi connectivity index (χ4v) is 4.20. The highest BCUT2D eigenvalue weighted by Crippen LogP contribution is 2.18. The molecule has 1 rings (SSSR count). The minimum atomic E-state index is -4.65. The number of carbonyl (C=O) groups is 2. The first-order chi connectivity index (χ1) is 11.9. The average Bonchev–Trinajstić information content (AvgIpc) is 2.54. The SMILES string of the molecule is CCCC(C(=O)c1ccc(C(=O)C(CCN)S(=O)(=O)O)cc1)S(=O)(=O)O. The fraction of sp³-hybridized carbons (Fsp3) is 0.467. The summed E-state index contributed by atoms with van der Waals surface area (Å²) in [5.74, 6) is -1.72. The number of Topliss-reactive ketones (excluding diaryl/α,β-unsaturated/α-hetero) is 2. The van der Waals surface area contributed by atoms with Gasteiger partial charge in [0.25, 0.3) is 20.2 Å². The smallest absolute Gasteiger partial charge is 0.275 e. The van der Waals surface area contributed by atoms with Crippen molar-refractivity contribution < 1.29 is 35.5 Å². The third-order valence-corrected chi connectivity index (χ3v) is 6.08. The first kappa shape index (κ1) is 22.4. The lowest BCUT2D eigenvalue weighted by Crippen LogP contribution is -2.32. The Labute approximate surface area is 152 Å². The van der Waals surface area contributed by atoms with Crippen LogP contribution in [0.2, 0.25) is 0 Å². The van der Waals surface area contributed by atoms with E-state index in [9.17, 15) is 31.0 Å². The van der Waals surface area contributed by atoms with Gasteiger partial charge in [-0.25, -0.2) is 0 Å². The Morgan fingerprint density at radius 3 is 1.50 bits per heavy atom. The Balaban J connectivity index is 3.15. The number of benzene rings is 1. The zero-order valence-corrected chi connectivity index (χ0v) is 15.7. The predicted octanol–water partition coefficient (Wildman–Crippen LogP) is 0.714. The van der Waals surface area contributed by atoms with Gasteiger partial charge in [-0.05, 0) is 19.4 Å². The molecule has 2 atom stereocenters. The predicted molar refractivity (Wildman–Crippen MR) is 94.4 cm³/mol. The third-order valence-electron chi connectivity index (χ3n) is 3.74. The van der Waals surface area contributed by atoms with Crippen LogP contribution in [0.1, 0.15) is 46.9 Å². The summed E-state index contributed by atoms with van der Waals surface area (Å²) in [5.41, 5.74) is 5.11. The first-order valence-electron chi connectivity index (χ1n) is 7.74. The second-order valence-corrected chi connectivity index (χ2v) is 8.88. The second kappa shape index (κ2) is 8.82.